The largest absolute Gasteiger partial charge is 0.361 e. The third-order valence-corrected chi connectivity index (χ3v) is 7.67. The van der Waals surface area contributed by atoms with E-state index in [4.69, 9.17) is 4.74 Å². The molecule has 0 spiro atoms. The molecule has 2 aliphatic rings. The van der Waals surface area contributed by atoms with Crippen LogP contribution in [0, 0.1) is 6.92 Å². The second kappa shape index (κ2) is 8.53. The molecule has 0 saturated carbocycles. The SMILES string of the molecule is Cc1ncc(-c2ccc(N3CC4CNCCN4C3=O)cc2)n1COCC[Si](C)(C)C. The third kappa shape index (κ3) is 4.45. The molecule has 162 valence electrons. The lowest BCUT2D eigenvalue weighted by molar-refractivity contribution is 0.0868. The van der Waals surface area contributed by atoms with Crippen LogP contribution in [-0.4, -0.2) is 67.4 Å². The zero-order valence-electron chi connectivity index (χ0n) is 18.5. The number of rotatable bonds is 7. The number of fused-ring (bicyclic) bond motifs is 1. The van der Waals surface area contributed by atoms with E-state index in [2.05, 4.69) is 46.6 Å². The monoisotopic (exact) mass is 427 g/mol. The minimum Gasteiger partial charge on any atom is -0.361 e. The van der Waals surface area contributed by atoms with Crippen molar-refractivity contribution in [2.24, 2.45) is 0 Å². The van der Waals surface area contributed by atoms with Crippen molar-refractivity contribution < 1.29 is 9.53 Å². The van der Waals surface area contributed by atoms with Gasteiger partial charge in [0.2, 0.25) is 0 Å². The molecule has 4 rings (SSSR count). The van der Waals surface area contributed by atoms with E-state index in [1.807, 2.05) is 35.1 Å². The summed E-state index contributed by atoms with van der Waals surface area (Å²) in [4.78, 5) is 21.1. The van der Waals surface area contributed by atoms with E-state index in [0.29, 0.717) is 6.73 Å². The predicted octanol–water partition coefficient (Wildman–Crippen LogP) is 3.38. The summed E-state index contributed by atoms with van der Waals surface area (Å²) in [6, 6.07) is 9.77. The first-order valence-corrected chi connectivity index (χ1v) is 14.5. The average Bonchev–Trinajstić information content (AvgIpc) is 3.25. The molecule has 3 heterocycles. The number of anilines is 1. The van der Waals surface area contributed by atoms with E-state index in [-0.39, 0.29) is 12.1 Å². The lowest BCUT2D eigenvalue weighted by Crippen LogP contribution is -2.49. The van der Waals surface area contributed by atoms with E-state index in [0.717, 1.165) is 61.6 Å². The molecular weight excluding hydrogens is 394 g/mol. The Morgan fingerprint density at radius 1 is 1.23 bits per heavy atom. The van der Waals surface area contributed by atoms with Crippen LogP contribution in [0.15, 0.2) is 30.5 Å². The van der Waals surface area contributed by atoms with Crippen molar-refractivity contribution in [1.82, 2.24) is 19.8 Å². The molecule has 2 aliphatic heterocycles. The smallest absolute Gasteiger partial charge is 0.324 e. The van der Waals surface area contributed by atoms with Gasteiger partial charge in [-0.15, -0.1) is 0 Å². The first-order valence-electron chi connectivity index (χ1n) is 10.8. The molecule has 0 radical (unpaired) electrons. The van der Waals surface area contributed by atoms with E-state index >= 15 is 0 Å². The first kappa shape index (κ1) is 21.1. The Morgan fingerprint density at radius 3 is 2.70 bits per heavy atom. The highest BCUT2D eigenvalue weighted by Gasteiger charge is 2.39. The second-order valence-corrected chi connectivity index (χ2v) is 15.1. The van der Waals surface area contributed by atoms with Gasteiger partial charge < -0.3 is 19.5 Å². The van der Waals surface area contributed by atoms with E-state index in [9.17, 15) is 4.79 Å². The number of piperazine rings is 1. The lowest BCUT2D eigenvalue weighted by Gasteiger charge is -2.28. The number of amides is 2. The van der Waals surface area contributed by atoms with Crippen LogP contribution >= 0.6 is 0 Å². The summed E-state index contributed by atoms with van der Waals surface area (Å²) in [7, 11) is -1.10. The Balaban J connectivity index is 1.45. The van der Waals surface area contributed by atoms with Gasteiger partial charge in [0.25, 0.3) is 0 Å². The fourth-order valence-electron chi connectivity index (χ4n) is 4.04. The average molecular weight is 428 g/mol. The van der Waals surface area contributed by atoms with Crippen molar-refractivity contribution in [1.29, 1.82) is 0 Å². The van der Waals surface area contributed by atoms with Crippen LogP contribution in [0.25, 0.3) is 11.3 Å². The minimum absolute atomic E-state index is 0.117. The predicted molar refractivity (Wildman–Crippen MR) is 123 cm³/mol. The standard InChI is InChI=1S/C22H33N5O2Si/c1-17-24-14-21(27(17)16-29-11-12-30(2,3)4)18-5-7-19(8-6-18)26-15-20-13-23-9-10-25(20)22(26)28/h5-8,14,20,23H,9-13,15-16H2,1-4H3. The molecule has 1 N–H and O–H groups in total. The van der Waals surface area contributed by atoms with E-state index in [1.54, 1.807) is 0 Å². The molecule has 1 aromatic carbocycles. The van der Waals surface area contributed by atoms with E-state index < -0.39 is 8.07 Å². The van der Waals surface area contributed by atoms with Gasteiger partial charge in [0.05, 0.1) is 17.9 Å². The van der Waals surface area contributed by atoms with Crippen molar-refractivity contribution in [2.75, 3.05) is 37.7 Å². The lowest BCUT2D eigenvalue weighted by atomic mass is 10.1. The number of carbonyl (C=O) groups excluding carboxylic acids is 1. The summed E-state index contributed by atoms with van der Waals surface area (Å²) in [5.74, 6) is 0.946. The van der Waals surface area contributed by atoms with Crippen LogP contribution < -0.4 is 10.2 Å². The zero-order valence-corrected chi connectivity index (χ0v) is 19.5. The molecule has 2 aromatic rings. The number of nitrogens with zero attached hydrogens (tertiary/aromatic N) is 4. The second-order valence-electron chi connectivity index (χ2n) is 9.46. The van der Waals surface area contributed by atoms with Gasteiger partial charge in [-0.2, -0.15) is 0 Å². The Bertz CT molecular complexity index is 890. The quantitative estimate of drug-likeness (QED) is 0.543. The van der Waals surface area contributed by atoms with Gasteiger partial charge >= 0.3 is 6.03 Å². The first-order chi connectivity index (χ1) is 14.3. The number of imidazole rings is 1. The fraction of sp³-hybridized carbons (Fsp3) is 0.545. The van der Waals surface area contributed by atoms with Crippen LogP contribution in [0.3, 0.4) is 0 Å². The van der Waals surface area contributed by atoms with Crippen molar-refractivity contribution in [3.63, 3.8) is 0 Å². The summed E-state index contributed by atoms with van der Waals surface area (Å²) in [6.07, 6.45) is 1.90. The van der Waals surface area contributed by atoms with Crippen LogP contribution in [0.4, 0.5) is 10.5 Å². The fourth-order valence-corrected chi connectivity index (χ4v) is 4.80. The Hall–Kier alpha value is -2.16. The Labute approximate surface area is 180 Å². The number of ether oxygens (including phenoxy) is 1. The summed E-state index contributed by atoms with van der Waals surface area (Å²) in [6.45, 7) is 13.7. The zero-order chi connectivity index (χ0) is 21.3. The Kier molecular flexibility index (Phi) is 5.99. The molecule has 2 saturated heterocycles. The van der Waals surface area contributed by atoms with Gasteiger partial charge in [-0.25, -0.2) is 9.78 Å². The number of aryl methyl sites for hydroxylation is 1. The molecule has 1 unspecified atom stereocenters. The highest BCUT2D eigenvalue weighted by Crippen LogP contribution is 2.28. The number of benzene rings is 1. The van der Waals surface area contributed by atoms with Gasteiger partial charge in [-0.1, -0.05) is 31.8 Å². The molecule has 8 heteroatoms. The number of nitrogens with one attached hydrogen (secondary N) is 1. The molecule has 1 aromatic heterocycles. The van der Waals surface area contributed by atoms with Gasteiger partial charge in [0.1, 0.15) is 12.6 Å². The van der Waals surface area contributed by atoms with Crippen molar-refractivity contribution in [3.8, 4) is 11.3 Å². The van der Waals surface area contributed by atoms with Gasteiger partial charge in [0, 0.05) is 46.5 Å². The molecule has 7 nitrogen and oxygen atoms in total. The highest BCUT2D eigenvalue weighted by atomic mass is 28.3. The van der Waals surface area contributed by atoms with Crippen LogP contribution in [0.2, 0.25) is 25.7 Å². The summed E-state index contributed by atoms with van der Waals surface area (Å²) in [5, 5.41) is 3.38. The summed E-state index contributed by atoms with van der Waals surface area (Å²) < 4.78 is 8.08. The van der Waals surface area contributed by atoms with Crippen molar-refractivity contribution >= 4 is 19.8 Å². The summed E-state index contributed by atoms with van der Waals surface area (Å²) >= 11 is 0. The van der Waals surface area contributed by atoms with Crippen molar-refractivity contribution in [2.45, 2.75) is 45.4 Å². The van der Waals surface area contributed by atoms with Crippen LogP contribution in [0.1, 0.15) is 5.82 Å². The number of hydrogen-bond acceptors (Lipinski definition) is 4. The van der Waals surface area contributed by atoms with Gasteiger partial charge in [-0.05, 0) is 30.7 Å². The molecular formula is C22H33N5O2Si. The van der Waals surface area contributed by atoms with Gasteiger partial charge in [-0.3, -0.25) is 4.90 Å². The molecule has 2 amide bonds. The molecule has 2 fully saturated rings. The molecule has 30 heavy (non-hydrogen) atoms. The number of hydrogen-bond donors (Lipinski definition) is 1. The molecule has 1 atom stereocenters. The minimum atomic E-state index is -1.10. The number of urea groups is 1. The normalized spacial score (nSPS) is 19.5. The topological polar surface area (TPSA) is 62.6 Å². The van der Waals surface area contributed by atoms with E-state index in [1.165, 1.54) is 0 Å². The van der Waals surface area contributed by atoms with Crippen LogP contribution in [-0.2, 0) is 11.5 Å². The summed E-state index contributed by atoms with van der Waals surface area (Å²) in [5.41, 5.74) is 3.08. The van der Waals surface area contributed by atoms with Gasteiger partial charge in [0.15, 0.2) is 0 Å². The number of aromatic nitrogens is 2. The maximum Gasteiger partial charge on any atom is 0.324 e. The maximum absolute atomic E-state index is 12.8. The van der Waals surface area contributed by atoms with Crippen molar-refractivity contribution in [3.05, 3.63) is 36.3 Å². The maximum atomic E-state index is 12.8. The third-order valence-electron chi connectivity index (χ3n) is 5.97. The molecule has 0 bridgehead atoms. The number of carbonyl (C=O) groups is 1. The van der Waals surface area contributed by atoms with Crippen LogP contribution in [0.5, 0.6) is 0 Å². The molecule has 0 aliphatic carbocycles. The Morgan fingerprint density at radius 2 is 2.00 bits per heavy atom. The highest BCUT2D eigenvalue weighted by molar-refractivity contribution is 6.76.